The van der Waals surface area contributed by atoms with Gasteiger partial charge in [-0.2, -0.15) is 0 Å². The number of hydrogen-bond donors (Lipinski definition) is 1. The molecule has 0 saturated carbocycles. The number of anilines is 1. The molecular formula is C13H20N2O3. The average molecular weight is 252 g/mol. The van der Waals surface area contributed by atoms with E-state index in [1.165, 1.54) is 12.1 Å². The van der Waals surface area contributed by atoms with E-state index < -0.39 is 4.92 Å². The molecule has 0 aromatic heterocycles. The Hall–Kier alpha value is -1.62. The smallest absolute Gasteiger partial charge is 0.269 e. The van der Waals surface area contributed by atoms with Crippen molar-refractivity contribution in [1.82, 2.24) is 0 Å². The first-order chi connectivity index (χ1) is 8.24. The first-order valence-corrected chi connectivity index (χ1v) is 5.84. The SMILES string of the molecule is CN(CC(C)(C)C)c1ccc([N+](=O)[O-])cc1CO. The van der Waals surface area contributed by atoms with Crippen molar-refractivity contribution in [3.8, 4) is 0 Å². The summed E-state index contributed by atoms with van der Waals surface area (Å²) in [5, 5.41) is 20.0. The fraction of sp³-hybridized carbons (Fsp3) is 0.538. The topological polar surface area (TPSA) is 66.6 Å². The van der Waals surface area contributed by atoms with Crippen LogP contribution in [0.2, 0.25) is 0 Å². The standard InChI is InChI=1S/C13H20N2O3/c1-13(2,3)9-14(4)12-6-5-11(15(17)18)7-10(12)8-16/h5-7,16H,8-9H2,1-4H3. The first kappa shape index (κ1) is 14.4. The third-order valence-corrected chi connectivity index (χ3v) is 2.57. The van der Waals surface area contributed by atoms with Gasteiger partial charge < -0.3 is 10.0 Å². The molecule has 0 bridgehead atoms. The van der Waals surface area contributed by atoms with E-state index >= 15 is 0 Å². The van der Waals surface area contributed by atoms with Gasteiger partial charge in [0.25, 0.3) is 5.69 Å². The van der Waals surface area contributed by atoms with Gasteiger partial charge in [0.2, 0.25) is 0 Å². The summed E-state index contributed by atoms with van der Waals surface area (Å²) in [7, 11) is 1.92. The van der Waals surface area contributed by atoms with Gasteiger partial charge in [0.05, 0.1) is 11.5 Å². The maximum atomic E-state index is 10.7. The summed E-state index contributed by atoms with van der Waals surface area (Å²) in [6.45, 7) is 6.96. The lowest BCUT2D eigenvalue weighted by molar-refractivity contribution is -0.384. The van der Waals surface area contributed by atoms with E-state index in [1.54, 1.807) is 6.07 Å². The molecule has 5 heteroatoms. The van der Waals surface area contributed by atoms with Gasteiger partial charge in [0.15, 0.2) is 0 Å². The summed E-state index contributed by atoms with van der Waals surface area (Å²) in [5.74, 6) is 0. The monoisotopic (exact) mass is 252 g/mol. The third-order valence-electron chi connectivity index (χ3n) is 2.57. The van der Waals surface area contributed by atoms with E-state index in [9.17, 15) is 15.2 Å². The second kappa shape index (κ2) is 5.35. The van der Waals surface area contributed by atoms with Crippen molar-refractivity contribution in [3.63, 3.8) is 0 Å². The lowest BCUT2D eigenvalue weighted by Crippen LogP contribution is -2.29. The van der Waals surface area contributed by atoms with Gasteiger partial charge in [0, 0.05) is 37.0 Å². The van der Waals surface area contributed by atoms with Crippen molar-refractivity contribution in [3.05, 3.63) is 33.9 Å². The van der Waals surface area contributed by atoms with Crippen LogP contribution in [-0.2, 0) is 6.61 Å². The van der Waals surface area contributed by atoms with E-state index in [2.05, 4.69) is 20.8 Å². The zero-order valence-electron chi connectivity index (χ0n) is 11.3. The molecule has 0 heterocycles. The maximum absolute atomic E-state index is 10.7. The van der Waals surface area contributed by atoms with Gasteiger partial charge in [-0.3, -0.25) is 10.1 Å². The predicted molar refractivity (Wildman–Crippen MR) is 71.7 cm³/mol. The normalized spacial score (nSPS) is 11.4. The fourth-order valence-corrected chi connectivity index (χ4v) is 1.98. The molecule has 0 atom stereocenters. The highest BCUT2D eigenvalue weighted by Gasteiger charge is 2.17. The molecule has 0 spiro atoms. The number of benzene rings is 1. The second-order valence-electron chi connectivity index (χ2n) is 5.64. The number of rotatable bonds is 4. The van der Waals surface area contributed by atoms with Crippen LogP contribution < -0.4 is 4.90 Å². The molecule has 5 nitrogen and oxygen atoms in total. The second-order valence-corrected chi connectivity index (χ2v) is 5.64. The molecule has 0 aliphatic heterocycles. The molecule has 0 aliphatic carbocycles. The molecule has 1 rings (SSSR count). The molecule has 1 aromatic rings. The summed E-state index contributed by atoms with van der Waals surface area (Å²) < 4.78 is 0. The molecular weight excluding hydrogens is 232 g/mol. The average Bonchev–Trinajstić information content (AvgIpc) is 2.25. The van der Waals surface area contributed by atoms with Crippen LogP contribution in [0.15, 0.2) is 18.2 Å². The van der Waals surface area contributed by atoms with Crippen LogP contribution >= 0.6 is 0 Å². The van der Waals surface area contributed by atoms with Gasteiger partial charge in [-0.15, -0.1) is 0 Å². The molecule has 1 aromatic carbocycles. The number of aliphatic hydroxyl groups excluding tert-OH is 1. The molecule has 1 N–H and O–H groups in total. The minimum absolute atomic E-state index is 0.00644. The first-order valence-electron chi connectivity index (χ1n) is 5.84. The molecule has 0 saturated heterocycles. The highest BCUT2D eigenvalue weighted by Crippen LogP contribution is 2.27. The van der Waals surface area contributed by atoms with Gasteiger partial charge >= 0.3 is 0 Å². The van der Waals surface area contributed by atoms with Crippen LogP contribution in [0.4, 0.5) is 11.4 Å². The summed E-state index contributed by atoms with van der Waals surface area (Å²) in [6, 6.07) is 4.58. The highest BCUT2D eigenvalue weighted by atomic mass is 16.6. The number of non-ortho nitro benzene ring substituents is 1. The third kappa shape index (κ3) is 3.70. The Kier molecular flexibility index (Phi) is 4.29. The van der Waals surface area contributed by atoms with Crippen molar-refractivity contribution >= 4 is 11.4 Å². The number of hydrogen-bond acceptors (Lipinski definition) is 4. The summed E-state index contributed by atoms with van der Waals surface area (Å²) in [4.78, 5) is 12.2. The summed E-state index contributed by atoms with van der Waals surface area (Å²) >= 11 is 0. The van der Waals surface area contributed by atoms with Crippen molar-refractivity contribution in [2.24, 2.45) is 5.41 Å². The molecule has 0 amide bonds. The predicted octanol–water partition coefficient (Wildman–Crippen LogP) is 2.57. The number of nitro benzene ring substituents is 1. The lowest BCUT2D eigenvalue weighted by atomic mass is 9.95. The van der Waals surface area contributed by atoms with Crippen LogP contribution in [0.3, 0.4) is 0 Å². The zero-order chi connectivity index (χ0) is 13.9. The van der Waals surface area contributed by atoms with E-state index in [-0.39, 0.29) is 17.7 Å². The van der Waals surface area contributed by atoms with Gasteiger partial charge in [0.1, 0.15) is 0 Å². The number of nitrogens with zero attached hydrogens (tertiary/aromatic N) is 2. The Morgan fingerprint density at radius 3 is 2.44 bits per heavy atom. The van der Waals surface area contributed by atoms with Crippen molar-refractivity contribution in [2.45, 2.75) is 27.4 Å². The van der Waals surface area contributed by atoms with Crippen LogP contribution in [0.5, 0.6) is 0 Å². The van der Waals surface area contributed by atoms with E-state index in [1.807, 2.05) is 11.9 Å². The van der Waals surface area contributed by atoms with Crippen molar-refractivity contribution in [2.75, 3.05) is 18.5 Å². The van der Waals surface area contributed by atoms with Crippen molar-refractivity contribution < 1.29 is 10.0 Å². The molecule has 0 aliphatic rings. The van der Waals surface area contributed by atoms with E-state index in [0.717, 1.165) is 12.2 Å². The summed E-state index contributed by atoms with van der Waals surface area (Å²) in [6.07, 6.45) is 0. The van der Waals surface area contributed by atoms with Crippen LogP contribution in [0, 0.1) is 15.5 Å². The Balaban J connectivity index is 3.05. The largest absolute Gasteiger partial charge is 0.392 e. The van der Waals surface area contributed by atoms with E-state index in [4.69, 9.17) is 0 Å². The van der Waals surface area contributed by atoms with Crippen LogP contribution in [-0.4, -0.2) is 23.6 Å². The maximum Gasteiger partial charge on any atom is 0.269 e. The zero-order valence-corrected chi connectivity index (χ0v) is 11.3. The van der Waals surface area contributed by atoms with Gasteiger partial charge in [-0.25, -0.2) is 0 Å². The Labute approximate surface area is 107 Å². The van der Waals surface area contributed by atoms with Crippen LogP contribution in [0.1, 0.15) is 26.3 Å². The molecule has 100 valence electrons. The van der Waals surface area contributed by atoms with Gasteiger partial charge in [-0.05, 0) is 11.5 Å². The molecule has 0 fully saturated rings. The number of aliphatic hydroxyl groups is 1. The highest BCUT2D eigenvalue weighted by molar-refractivity contribution is 5.57. The Morgan fingerprint density at radius 1 is 1.39 bits per heavy atom. The van der Waals surface area contributed by atoms with Crippen LogP contribution in [0.25, 0.3) is 0 Å². The van der Waals surface area contributed by atoms with E-state index in [0.29, 0.717) is 5.56 Å². The minimum Gasteiger partial charge on any atom is -0.392 e. The summed E-state index contributed by atoms with van der Waals surface area (Å²) in [5.41, 5.74) is 1.53. The fourth-order valence-electron chi connectivity index (χ4n) is 1.98. The number of nitro groups is 1. The Morgan fingerprint density at radius 2 is 2.00 bits per heavy atom. The minimum atomic E-state index is -0.452. The quantitative estimate of drug-likeness (QED) is 0.660. The molecule has 0 unspecified atom stereocenters. The van der Waals surface area contributed by atoms with Crippen molar-refractivity contribution in [1.29, 1.82) is 0 Å². The Bertz CT molecular complexity index is 438. The van der Waals surface area contributed by atoms with Gasteiger partial charge in [-0.1, -0.05) is 20.8 Å². The lowest BCUT2D eigenvalue weighted by Gasteiger charge is -2.29. The molecule has 18 heavy (non-hydrogen) atoms. The molecule has 0 radical (unpaired) electrons.